The fraction of sp³-hybridized carbons (Fsp3) is 0.429. The summed E-state index contributed by atoms with van der Waals surface area (Å²) >= 11 is 0. The third-order valence-corrected chi connectivity index (χ3v) is 6.72. The number of piperidine rings is 1. The van der Waals surface area contributed by atoms with Gasteiger partial charge in [-0.1, -0.05) is 30.7 Å². The Bertz CT molecular complexity index is 1200. The minimum Gasteiger partial charge on any atom is -0.492 e. The second-order valence-electron chi connectivity index (χ2n) is 9.41. The number of benzene rings is 2. The van der Waals surface area contributed by atoms with E-state index in [-0.39, 0.29) is 6.42 Å². The second-order valence-corrected chi connectivity index (χ2v) is 9.41. The number of aryl methyl sites for hydroxylation is 2. The zero-order valence-corrected chi connectivity index (χ0v) is 20.3. The number of ether oxygens (including phenoxy) is 1. The smallest absolute Gasteiger partial charge is 0.339 e. The summed E-state index contributed by atoms with van der Waals surface area (Å²) in [6, 6.07) is 15.3. The average Bonchev–Trinajstić information content (AvgIpc) is 2.87. The summed E-state index contributed by atoms with van der Waals surface area (Å²) in [4.78, 5) is 27.4. The van der Waals surface area contributed by atoms with Crippen LogP contribution in [0.4, 0.5) is 0 Å². The van der Waals surface area contributed by atoms with Crippen molar-refractivity contribution in [3.63, 3.8) is 0 Å². The largest absolute Gasteiger partial charge is 0.492 e. The SMILES string of the molecule is Cc1ccc2cc(CC(CCc3cccc(OCCN4CCCCC4)c3)C(=O)NO)c(=O)oc2c1. The number of likely N-dealkylation sites (tertiary alicyclic amines) is 1. The van der Waals surface area contributed by atoms with Gasteiger partial charge in [-0.3, -0.25) is 14.9 Å². The number of carbonyl (C=O) groups is 1. The number of carbonyl (C=O) groups excluding carboxylic acids is 1. The number of hydroxylamine groups is 1. The van der Waals surface area contributed by atoms with Crippen LogP contribution in [0.2, 0.25) is 0 Å². The van der Waals surface area contributed by atoms with Gasteiger partial charge in [0, 0.05) is 23.4 Å². The molecule has 1 aliphatic heterocycles. The highest BCUT2D eigenvalue weighted by Crippen LogP contribution is 2.21. The number of hydrogen-bond donors (Lipinski definition) is 2. The molecular formula is C28H34N2O5. The van der Waals surface area contributed by atoms with Crippen molar-refractivity contribution in [1.29, 1.82) is 0 Å². The van der Waals surface area contributed by atoms with Crippen molar-refractivity contribution >= 4 is 16.9 Å². The predicted octanol–water partition coefficient (Wildman–Crippen LogP) is 4.26. The van der Waals surface area contributed by atoms with E-state index in [0.717, 1.165) is 41.9 Å². The van der Waals surface area contributed by atoms with Gasteiger partial charge in [0.1, 0.15) is 17.9 Å². The number of amides is 1. The molecule has 2 aromatic carbocycles. The van der Waals surface area contributed by atoms with Gasteiger partial charge in [0.2, 0.25) is 5.91 Å². The zero-order chi connectivity index (χ0) is 24.6. The highest BCUT2D eigenvalue weighted by atomic mass is 16.5. The van der Waals surface area contributed by atoms with Crippen molar-refractivity contribution < 1.29 is 19.2 Å². The Hall–Kier alpha value is -3.16. The highest BCUT2D eigenvalue weighted by Gasteiger charge is 2.21. The molecule has 1 amide bonds. The van der Waals surface area contributed by atoms with Gasteiger partial charge in [-0.05, 0) is 87.5 Å². The van der Waals surface area contributed by atoms with E-state index < -0.39 is 17.5 Å². The summed E-state index contributed by atoms with van der Waals surface area (Å²) in [7, 11) is 0. The standard InChI is InChI=1S/C28H34N2O5/c1-20-8-10-22-18-24(28(32)35-26(22)16-20)19-23(27(31)29-33)11-9-21-6-5-7-25(17-21)34-15-14-30-12-3-2-4-13-30/h5-8,10,16-18,23,33H,2-4,9,11-15,19H2,1H3,(H,29,31). The molecule has 35 heavy (non-hydrogen) atoms. The van der Waals surface area contributed by atoms with Crippen LogP contribution in [0.1, 0.15) is 42.4 Å². The van der Waals surface area contributed by atoms with E-state index in [9.17, 15) is 14.8 Å². The Morgan fingerprint density at radius 2 is 1.97 bits per heavy atom. The maximum absolute atomic E-state index is 12.5. The van der Waals surface area contributed by atoms with Gasteiger partial charge in [-0.15, -0.1) is 0 Å². The minimum atomic E-state index is -0.575. The van der Waals surface area contributed by atoms with Crippen LogP contribution >= 0.6 is 0 Å². The molecule has 7 heteroatoms. The minimum absolute atomic E-state index is 0.185. The van der Waals surface area contributed by atoms with Crippen LogP contribution in [-0.2, 0) is 17.6 Å². The number of rotatable bonds is 10. The first-order chi connectivity index (χ1) is 17.0. The predicted molar refractivity (Wildman–Crippen MR) is 135 cm³/mol. The lowest BCUT2D eigenvalue weighted by molar-refractivity contribution is -0.133. The summed E-state index contributed by atoms with van der Waals surface area (Å²) in [6.07, 6.45) is 5.11. The molecule has 1 saturated heterocycles. The second kappa shape index (κ2) is 12.0. The first kappa shape index (κ1) is 24.9. The van der Waals surface area contributed by atoms with Gasteiger partial charge < -0.3 is 9.15 Å². The van der Waals surface area contributed by atoms with Crippen molar-refractivity contribution in [2.75, 3.05) is 26.2 Å². The molecule has 1 fully saturated rings. The third kappa shape index (κ3) is 6.93. The van der Waals surface area contributed by atoms with Gasteiger partial charge in [-0.2, -0.15) is 0 Å². The van der Waals surface area contributed by atoms with Gasteiger partial charge in [-0.25, -0.2) is 10.3 Å². The lowest BCUT2D eigenvalue weighted by atomic mass is 9.92. The van der Waals surface area contributed by atoms with E-state index in [2.05, 4.69) is 4.90 Å². The average molecular weight is 479 g/mol. The number of nitrogens with zero attached hydrogens (tertiary/aromatic N) is 1. The van der Waals surface area contributed by atoms with Crippen molar-refractivity contribution in [2.45, 2.75) is 45.4 Å². The Balaban J connectivity index is 1.38. The van der Waals surface area contributed by atoms with Crippen LogP contribution in [0.25, 0.3) is 11.0 Å². The molecule has 1 aromatic heterocycles. The van der Waals surface area contributed by atoms with E-state index in [1.54, 1.807) is 11.5 Å². The summed E-state index contributed by atoms with van der Waals surface area (Å²) in [6.45, 7) is 5.80. The Labute approximate surface area is 205 Å². The van der Waals surface area contributed by atoms with E-state index in [1.807, 2.05) is 49.4 Å². The molecule has 0 bridgehead atoms. The van der Waals surface area contributed by atoms with Gasteiger partial charge >= 0.3 is 5.63 Å². The van der Waals surface area contributed by atoms with Crippen LogP contribution in [0.3, 0.4) is 0 Å². The van der Waals surface area contributed by atoms with Gasteiger partial charge in [0.05, 0.1) is 0 Å². The molecule has 0 saturated carbocycles. The molecule has 1 atom stereocenters. The van der Waals surface area contributed by atoms with Crippen molar-refractivity contribution in [2.24, 2.45) is 5.92 Å². The van der Waals surface area contributed by atoms with Crippen LogP contribution < -0.4 is 15.8 Å². The van der Waals surface area contributed by atoms with E-state index in [4.69, 9.17) is 9.15 Å². The molecule has 2 heterocycles. The summed E-state index contributed by atoms with van der Waals surface area (Å²) in [5.41, 5.74) is 4.29. The van der Waals surface area contributed by atoms with E-state index >= 15 is 0 Å². The number of hydrogen-bond acceptors (Lipinski definition) is 6. The molecule has 7 nitrogen and oxygen atoms in total. The van der Waals surface area contributed by atoms with Gasteiger partial charge in [0.15, 0.2) is 0 Å². The van der Waals surface area contributed by atoms with Crippen LogP contribution in [0.15, 0.2) is 57.7 Å². The topological polar surface area (TPSA) is 92.0 Å². The maximum Gasteiger partial charge on any atom is 0.339 e. The molecule has 0 aliphatic carbocycles. The maximum atomic E-state index is 12.5. The normalized spacial score (nSPS) is 15.1. The van der Waals surface area contributed by atoms with Crippen molar-refractivity contribution in [3.8, 4) is 5.75 Å². The van der Waals surface area contributed by atoms with E-state index in [0.29, 0.717) is 30.6 Å². The molecular weight excluding hydrogens is 444 g/mol. The van der Waals surface area contributed by atoms with Gasteiger partial charge in [0.25, 0.3) is 0 Å². The highest BCUT2D eigenvalue weighted by molar-refractivity contribution is 5.79. The fourth-order valence-corrected chi connectivity index (χ4v) is 4.69. The summed E-state index contributed by atoms with van der Waals surface area (Å²) in [5, 5.41) is 10.1. The quantitative estimate of drug-likeness (QED) is 0.257. The first-order valence-electron chi connectivity index (χ1n) is 12.4. The lowest BCUT2D eigenvalue weighted by Crippen LogP contribution is -2.33. The number of nitrogens with one attached hydrogen (secondary N) is 1. The van der Waals surface area contributed by atoms with E-state index in [1.165, 1.54) is 19.3 Å². The molecule has 186 valence electrons. The fourth-order valence-electron chi connectivity index (χ4n) is 4.69. The molecule has 1 aliphatic rings. The molecule has 0 radical (unpaired) electrons. The van der Waals surface area contributed by atoms with Crippen molar-refractivity contribution in [3.05, 3.63) is 75.6 Å². The number of fused-ring (bicyclic) bond motifs is 1. The molecule has 2 N–H and O–H groups in total. The zero-order valence-electron chi connectivity index (χ0n) is 20.3. The molecule has 3 aromatic rings. The van der Waals surface area contributed by atoms with Crippen LogP contribution in [0.5, 0.6) is 5.75 Å². The molecule has 1 unspecified atom stereocenters. The van der Waals surface area contributed by atoms with Crippen molar-refractivity contribution in [1.82, 2.24) is 10.4 Å². The first-order valence-corrected chi connectivity index (χ1v) is 12.4. The molecule has 0 spiro atoms. The summed E-state index contributed by atoms with van der Waals surface area (Å²) < 4.78 is 11.4. The van der Waals surface area contributed by atoms with Crippen LogP contribution in [-0.4, -0.2) is 42.3 Å². The Kier molecular flexibility index (Phi) is 8.55. The summed E-state index contributed by atoms with van der Waals surface area (Å²) in [5.74, 6) is -0.273. The Morgan fingerprint density at radius 1 is 1.14 bits per heavy atom. The Morgan fingerprint density at radius 3 is 2.77 bits per heavy atom. The third-order valence-electron chi connectivity index (χ3n) is 6.72. The lowest BCUT2D eigenvalue weighted by Gasteiger charge is -2.26. The molecule has 4 rings (SSSR count). The van der Waals surface area contributed by atoms with Crippen LogP contribution in [0, 0.1) is 12.8 Å². The monoisotopic (exact) mass is 478 g/mol.